The van der Waals surface area contributed by atoms with Gasteiger partial charge in [-0.2, -0.15) is 0 Å². The van der Waals surface area contributed by atoms with Crippen LogP contribution in [0.5, 0.6) is 0 Å². The van der Waals surface area contributed by atoms with Crippen LogP contribution in [0.4, 0.5) is 0 Å². The van der Waals surface area contributed by atoms with E-state index in [-0.39, 0.29) is 11.8 Å². The molecule has 1 amide bonds. The number of carboxylic acids is 1. The van der Waals surface area contributed by atoms with Crippen molar-refractivity contribution < 1.29 is 14.7 Å². The lowest BCUT2D eigenvalue weighted by Gasteiger charge is -2.27. The molecular formula is C24H45NO3. The highest BCUT2D eigenvalue weighted by Crippen LogP contribution is 2.30. The molecule has 0 aliphatic heterocycles. The number of amides is 1. The van der Waals surface area contributed by atoms with Crippen molar-refractivity contribution in [3.8, 4) is 0 Å². The van der Waals surface area contributed by atoms with Gasteiger partial charge in [0.25, 0.3) is 0 Å². The topological polar surface area (TPSA) is 66.4 Å². The lowest BCUT2D eigenvalue weighted by atomic mass is 9.78. The second-order valence-electron chi connectivity index (χ2n) is 8.72. The minimum absolute atomic E-state index is 0.0400. The lowest BCUT2D eigenvalue weighted by Crippen LogP contribution is -2.40. The van der Waals surface area contributed by atoms with Crippen LogP contribution in [-0.4, -0.2) is 23.5 Å². The Labute approximate surface area is 173 Å². The summed E-state index contributed by atoms with van der Waals surface area (Å²) in [6.45, 7) is 2.96. The van der Waals surface area contributed by atoms with Crippen molar-refractivity contribution in [3.63, 3.8) is 0 Å². The normalized spacial score (nSPS) is 19.5. The van der Waals surface area contributed by atoms with Crippen LogP contribution in [0.15, 0.2) is 0 Å². The fraction of sp³-hybridized carbons (Fsp3) is 0.917. The third kappa shape index (κ3) is 11.7. The molecule has 0 saturated heterocycles. The van der Waals surface area contributed by atoms with Gasteiger partial charge in [0.2, 0.25) is 5.91 Å². The molecule has 0 spiro atoms. The number of carbonyl (C=O) groups excluding carboxylic acids is 1. The molecule has 4 nitrogen and oxygen atoms in total. The molecule has 1 aliphatic rings. The van der Waals surface area contributed by atoms with E-state index < -0.39 is 11.9 Å². The quantitative estimate of drug-likeness (QED) is 0.277. The number of rotatable bonds is 17. The fourth-order valence-electron chi connectivity index (χ4n) is 4.40. The van der Waals surface area contributed by atoms with Crippen LogP contribution in [0.2, 0.25) is 0 Å². The minimum Gasteiger partial charge on any atom is -0.481 e. The Kier molecular flexibility index (Phi) is 15.0. The molecule has 1 saturated carbocycles. The van der Waals surface area contributed by atoms with Crippen molar-refractivity contribution >= 4 is 11.9 Å². The highest BCUT2D eigenvalue weighted by atomic mass is 16.4. The first kappa shape index (κ1) is 25.0. The standard InChI is InChI=1S/C24H45NO3/c1-2-3-4-5-6-7-8-9-10-11-12-13-14-17-20-25-23(26)21-18-15-16-19-22(21)24(27)28/h21-22H,2-20H2,1H3,(H,25,26)(H,27,28)/t21-,22-/m0/s1. The van der Waals surface area contributed by atoms with Crippen LogP contribution in [0.25, 0.3) is 0 Å². The Hall–Kier alpha value is -1.06. The molecule has 1 rings (SSSR count). The molecule has 1 fully saturated rings. The minimum atomic E-state index is -0.809. The molecule has 1 aliphatic carbocycles. The van der Waals surface area contributed by atoms with Crippen molar-refractivity contribution in [1.82, 2.24) is 5.32 Å². The predicted octanol–water partition coefficient (Wildman–Crippen LogP) is 6.47. The number of carboxylic acid groups (broad SMARTS) is 1. The van der Waals surface area contributed by atoms with Gasteiger partial charge in [0, 0.05) is 6.54 Å². The first-order valence-corrected chi connectivity index (χ1v) is 12.2. The van der Waals surface area contributed by atoms with Crippen molar-refractivity contribution in [3.05, 3.63) is 0 Å². The van der Waals surface area contributed by atoms with Gasteiger partial charge in [0.05, 0.1) is 11.8 Å². The smallest absolute Gasteiger partial charge is 0.307 e. The van der Waals surface area contributed by atoms with Gasteiger partial charge in [-0.05, 0) is 19.3 Å². The number of carbonyl (C=O) groups is 2. The molecule has 0 unspecified atom stereocenters. The van der Waals surface area contributed by atoms with Gasteiger partial charge < -0.3 is 10.4 Å². The van der Waals surface area contributed by atoms with Gasteiger partial charge in [-0.25, -0.2) is 0 Å². The molecular weight excluding hydrogens is 350 g/mol. The Balaban J connectivity index is 1.88. The van der Waals surface area contributed by atoms with Crippen LogP contribution in [-0.2, 0) is 9.59 Å². The second kappa shape index (κ2) is 16.9. The van der Waals surface area contributed by atoms with E-state index in [1.807, 2.05) is 0 Å². The summed E-state index contributed by atoms with van der Waals surface area (Å²) >= 11 is 0. The molecule has 0 heterocycles. The van der Waals surface area contributed by atoms with Gasteiger partial charge in [0.15, 0.2) is 0 Å². The van der Waals surface area contributed by atoms with Crippen molar-refractivity contribution in [2.45, 2.75) is 122 Å². The molecule has 0 aromatic carbocycles. The van der Waals surface area contributed by atoms with E-state index in [1.165, 1.54) is 77.0 Å². The lowest BCUT2D eigenvalue weighted by molar-refractivity contribution is -0.148. The van der Waals surface area contributed by atoms with E-state index in [9.17, 15) is 14.7 Å². The summed E-state index contributed by atoms with van der Waals surface area (Å²) in [6, 6.07) is 0. The number of aliphatic carboxylic acids is 1. The largest absolute Gasteiger partial charge is 0.481 e. The van der Waals surface area contributed by atoms with Gasteiger partial charge in [-0.1, -0.05) is 103 Å². The van der Waals surface area contributed by atoms with E-state index in [4.69, 9.17) is 0 Å². The number of nitrogens with one attached hydrogen (secondary N) is 1. The van der Waals surface area contributed by atoms with Crippen LogP contribution >= 0.6 is 0 Å². The maximum Gasteiger partial charge on any atom is 0.307 e. The summed E-state index contributed by atoms with van der Waals surface area (Å²) in [5.41, 5.74) is 0. The fourth-order valence-corrected chi connectivity index (χ4v) is 4.40. The van der Waals surface area contributed by atoms with E-state index >= 15 is 0 Å². The monoisotopic (exact) mass is 395 g/mol. The summed E-state index contributed by atoms with van der Waals surface area (Å²) < 4.78 is 0. The average Bonchev–Trinajstić information content (AvgIpc) is 2.70. The van der Waals surface area contributed by atoms with Crippen LogP contribution < -0.4 is 5.32 Å². The SMILES string of the molecule is CCCCCCCCCCCCCCCCNC(=O)[C@H]1CCCC[C@@H]1C(=O)O. The molecule has 28 heavy (non-hydrogen) atoms. The Morgan fingerprint density at radius 1 is 0.714 bits per heavy atom. The Morgan fingerprint density at radius 2 is 1.14 bits per heavy atom. The van der Waals surface area contributed by atoms with Crippen LogP contribution in [0, 0.1) is 11.8 Å². The molecule has 4 heteroatoms. The third-order valence-electron chi connectivity index (χ3n) is 6.25. The van der Waals surface area contributed by atoms with E-state index in [1.54, 1.807) is 0 Å². The molecule has 0 aromatic rings. The molecule has 2 atom stereocenters. The second-order valence-corrected chi connectivity index (χ2v) is 8.72. The maximum atomic E-state index is 12.3. The number of unbranched alkanes of at least 4 members (excludes halogenated alkanes) is 13. The first-order chi connectivity index (χ1) is 13.7. The van der Waals surface area contributed by atoms with Crippen molar-refractivity contribution in [1.29, 1.82) is 0 Å². The molecule has 0 radical (unpaired) electrons. The van der Waals surface area contributed by atoms with Crippen LogP contribution in [0.3, 0.4) is 0 Å². The van der Waals surface area contributed by atoms with Gasteiger partial charge in [-0.3, -0.25) is 9.59 Å². The average molecular weight is 396 g/mol. The zero-order chi connectivity index (χ0) is 20.5. The predicted molar refractivity (Wildman–Crippen MR) is 116 cm³/mol. The maximum absolute atomic E-state index is 12.3. The zero-order valence-electron chi connectivity index (χ0n) is 18.4. The Bertz CT molecular complexity index is 411. The van der Waals surface area contributed by atoms with E-state index in [0.29, 0.717) is 13.0 Å². The van der Waals surface area contributed by atoms with Gasteiger partial charge >= 0.3 is 5.97 Å². The van der Waals surface area contributed by atoms with Crippen molar-refractivity contribution in [2.24, 2.45) is 11.8 Å². The van der Waals surface area contributed by atoms with Crippen LogP contribution in [0.1, 0.15) is 122 Å². The highest BCUT2D eigenvalue weighted by molar-refractivity contribution is 5.84. The summed E-state index contributed by atoms with van der Waals surface area (Å²) in [5, 5.41) is 12.3. The molecule has 0 bridgehead atoms. The molecule has 164 valence electrons. The third-order valence-corrected chi connectivity index (χ3v) is 6.25. The van der Waals surface area contributed by atoms with E-state index in [2.05, 4.69) is 12.2 Å². The summed E-state index contributed by atoms with van der Waals surface area (Å²) in [6.07, 6.45) is 21.9. The van der Waals surface area contributed by atoms with Crippen molar-refractivity contribution in [2.75, 3.05) is 6.54 Å². The Morgan fingerprint density at radius 3 is 1.61 bits per heavy atom. The number of hydrogen-bond donors (Lipinski definition) is 2. The highest BCUT2D eigenvalue weighted by Gasteiger charge is 2.35. The summed E-state index contributed by atoms with van der Waals surface area (Å²) in [4.78, 5) is 23.6. The van der Waals surface area contributed by atoms with Gasteiger partial charge in [-0.15, -0.1) is 0 Å². The zero-order valence-corrected chi connectivity index (χ0v) is 18.4. The molecule has 2 N–H and O–H groups in total. The molecule has 0 aromatic heterocycles. The van der Waals surface area contributed by atoms with E-state index in [0.717, 1.165) is 32.1 Å². The summed E-state index contributed by atoms with van der Waals surface area (Å²) in [5.74, 6) is -1.65. The number of hydrogen-bond acceptors (Lipinski definition) is 2. The summed E-state index contributed by atoms with van der Waals surface area (Å²) in [7, 11) is 0. The van der Waals surface area contributed by atoms with Gasteiger partial charge in [0.1, 0.15) is 0 Å². The first-order valence-electron chi connectivity index (χ1n) is 12.2.